The average molecular weight is 472 g/mol. The average Bonchev–Trinajstić information content (AvgIpc) is 3.02. The molecule has 1 saturated carbocycles. The Labute approximate surface area is 196 Å². The molecule has 0 radical (unpaired) electrons. The van der Waals surface area contributed by atoms with Crippen LogP contribution in [0.3, 0.4) is 0 Å². The minimum Gasteiger partial charge on any atom is -0.355 e. The summed E-state index contributed by atoms with van der Waals surface area (Å²) >= 11 is 0. The molecule has 7 nitrogen and oxygen atoms in total. The van der Waals surface area contributed by atoms with Crippen molar-refractivity contribution in [3.63, 3.8) is 0 Å². The van der Waals surface area contributed by atoms with E-state index >= 15 is 0 Å². The molecule has 1 aromatic heterocycles. The third-order valence-corrected chi connectivity index (χ3v) is 8.64. The Morgan fingerprint density at radius 3 is 2.52 bits per heavy atom. The summed E-state index contributed by atoms with van der Waals surface area (Å²) in [5, 5.41) is 7.11. The van der Waals surface area contributed by atoms with Crippen LogP contribution in [0.1, 0.15) is 68.4 Å². The van der Waals surface area contributed by atoms with Crippen molar-refractivity contribution in [2.75, 3.05) is 13.1 Å². The van der Waals surface area contributed by atoms with E-state index in [1.807, 2.05) is 30.3 Å². The summed E-state index contributed by atoms with van der Waals surface area (Å²) < 4.78 is 33.9. The molecule has 1 aromatic carbocycles. The molecule has 0 unspecified atom stereocenters. The standard InChI is InChI=1S/C25H33N3O4S/c1-19-24(23(32-27-19)16-15-20-10-5-4-6-11-20)33(30,31)28-17-9-12-21(18-28)25(29)26-22-13-7-2-3-8-14-22/h4-6,10-11,15-16,21-22H,2-3,7-9,12-14,17-18H2,1H3,(H,26,29)/b16-15+/t21-/m0/s1. The molecule has 2 aromatic rings. The largest absolute Gasteiger partial charge is 0.355 e. The van der Waals surface area contributed by atoms with Gasteiger partial charge in [-0.3, -0.25) is 4.79 Å². The predicted molar refractivity (Wildman–Crippen MR) is 128 cm³/mol. The second-order valence-electron chi connectivity index (χ2n) is 9.10. The zero-order valence-corrected chi connectivity index (χ0v) is 20.0. The maximum Gasteiger partial charge on any atom is 0.248 e. The summed E-state index contributed by atoms with van der Waals surface area (Å²) in [6, 6.07) is 9.81. The van der Waals surface area contributed by atoms with E-state index in [0.717, 1.165) is 31.2 Å². The molecule has 33 heavy (non-hydrogen) atoms. The van der Waals surface area contributed by atoms with Crippen molar-refractivity contribution in [2.45, 2.75) is 69.2 Å². The molecule has 1 aliphatic carbocycles. The Morgan fingerprint density at radius 1 is 1.06 bits per heavy atom. The number of nitrogens with one attached hydrogen (secondary N) is 1. The van der Waals surface area contributed by atoms with Gasteiger partial charge in [0.1, 0.15) is 5.69 Å². The van der Waals surface area contributed by atoms with Crippen molar-refractivity contribution < 1.29 is 17.7 Å². The molecule has 1 aliphatic heterocycles. The number of hydrogen-bond acceptors (Lipinski definition) is 5. The van der Waals surface area contributed by atoms with Gasteiger partial charge in [-0.05, 0) is 44.2 Å². The van der Waals surface area contributed by atoms with Crippen LogP contribution in [0.2, 0.25) is 0 Å². The lowest BCUT2D eigenvalue weighted by molar-refractivity contribution is -0.126. The Hall–Kier alpha value is -2.45. The van der Waals surface area contributed by atoms with Crippen LogP contribution in [0, 0.1) is 12.8 Å². The van der Waals surface area contributed by atoms with Crippen molar-refractivity contribution in [3.05, 3.63) is 47.3 Å². The summed E-state index contributed by atoms with van der Waals surface area (Å²) in [4.78, 5) is 13.0. The number of sulfonamides is 1. The lowest BCUT2D eigenvalue weighted by Crippen LogP contribution is -2.47. The van der Waals surface area contributed by atoms with Crippen LogP contribution in [-0.2, 0) is 14.8 Å². The van der Waals surface area contributed by atoms with Gasteiger partial charge in [0.15, 0.2) is 10.7 Å². The minimum atomic E-state index is -3.84. The first-order valence-corrected chi connectivity index (χ1v) is 13.4. The Balaban J connectivity index is 1.48. The fourth-order valence-electron chi connectivity index (χ4n) is 4.78. The molecule has 2 fully saturated rings. The monoisotopic (exact) mass is 471 g/mol. The third kappa shape index (κ3) is 5.73. The number of rotatable bonds is 6. The number of aryl methyl sites for hydroxylation is 1. The highest BCUT2D eigenvalue weighted by molar-refractivity contribution is 7.89. The Morgan fingerprint density at radius 2 is 1.79 bits per heavy atom. The van der Waals surface area contributed by atoms with Gasteiger partial charge < -0.3 is 9.84 Å². The molecule has 178 valence electrons. The number of carbonyl (C=O) groups excluding carboxylic acids is 1. The smallest absolute Gasteiger partial charge is 0.248 e. The third-order valence-electron chi connectivity index (χ3n) is 6.61. The highest BCUT2D eigenvalue weighted by Gasteiger charge is 2.37. The molecule has 0 spiro atoms. The molecule has 1 saturated heterocycles. The highest BCUT2D eigenvalue weighted by Crippen LogP contribution is 2.29. The Bertz CT molecular complexity index is 1070. The van der Waals surface area contributed by atoms with Crippen molar-refractivity contribution in [1.29, 1.82) is 0 Å². The summed E-state index contributed by atoms with van der Waals surface area (Å²) in [5.41, 5.74) is 1.26. The second-order valence-corrected chi connectivity index (χ2v) is 11.0. The van der Waals surface area contributed by atoms with Gasteiger partial charge >= 0.3 is 0 Å². The molecule has 1 N–H and O–H groups in total. The second kappa shape index (κ2) is 10.7. The van der Waals surface area contributed by atoms with Gasteiger partial charge in [-0.2, -0.15) is 4.31 Å². The van der Waals surface area contributed by atoms with Crippen molar-refractivity contribution in [1.82, 2.24) is 14.8 Å². The van der Waals surface area contributed by atoms with E-state index in [0.29, 0.717) is 25.1 Å². The van der Waals surface area contributed by atoms with Crippen molar-refractivity contribution in [3.8, 4) is 0 Å². The molecular weight excluding hydrogens is 438 g/mol. The van der Waals surface area contributed by atoms with E-state index in [-0.39, 0.29) is 35.1 Å². The van der Waals surface area contributed by atoms with E-state index in [2.05, 4.69) is 10.5 Å². The van der Waals surface area contributed by atoms with Crippen molar-refractivity contribution >= 4 is 28.1 Å². The number of hydrogen-bond donors (Lipinski definition) is 1. The van der Waals surface area contributed by atoms with Crippen LogP contribution in [0.15, 0.2) is 39.8 Å². The molecule has 2 heterocycles. The molecular formula is C25H33N3O4S. The van der Waals surface area contributed by atoms with Crippen LogP contribution >= 0.6 is 0 Å². The van der Waals surface area contributed by atoms with Gasteiger partial charge in [0, 0.05) is 19.1 Å². The molecule has 1 amide bonds. The van der Waals surface area contributed by atoms with Gasteiger partial charge in [0.05, 0.1) is 5.92 Å². The van der Waals surface area contributed by atoms with Gasteiger partial charge in [-0.15, -0.1) is 0 Å². The van der Waals surface area contributed by atoms with E-state index in [4.69, 9.17) is 4.52 Å². The molecule has 8 heteroatoms. The van der Waals surface area contributed by atoms with Gasteiger partial charge in [-0.25, -0.2) is 8.42 Å². The van der Waals surface area contributed by atoms with Gasteiger partial charge in [0.2, 0.25) is 15.9 Å². The molecule has 1 atom stereocenters. The maximum atomic E-state index is 13.6. The van der Waals surface area contributed by atoms with Crippen molar-refractivity contribution in [2.24, 2.45) is 5.92 Å². The maximum absolute atomic E-state index is 13.6. The minimum absolute atomic E-state index is 0.0203. The zero-order chi connectivity index (χ0) is 23.3. The molecule has 2 aliphatic rings. The first-order chi connectivity index (χ1) is 15.9. The van der Waals surface area contributed by atoms with Crippen LogP contribution < -0.4 is 5.32 Å². The topological polar surface area (TPSA) is 92.5 Å². The van der Waals surface area contributed by atoms with Gasteiger partial charge in [0.25, 0.3) is 0 Å². The van der Waals surface area contributed by atoms with E-state index in [1.54, 1.807) is 19.1 Å². The summed E-state index contributed by atoms with van der Waals surface area (Å²) in [5.74, 6) is -0.144. The number of benzene rings is 1. The Kier molecular flexibility index (Phi) is 7.65. The number of aromatic nitrogens is 1. The van der Waals surface area contributed by atoms with Crippen LogP contribution in [0.4, 0.5) is 0 Å². The lowest BCUT2D eigenvalue weighted by Gasteiger charge is -2.32. The van der Waals surface area contributed by atoms with Crippen LogP contribution in [0.5, 0.6) is 0 Å². The van der Waals surface area contributed by atoms with Crippen LogP contribution in [-0.4, -0.2) is 42.9 Å². The number of nitrogens with zero attached hydrogens (tertiary/aromatic N) is 2. The lowest BCUT2D eigenvalue weighted by atomic mass is 9.97. The molecule has 0 bridgehead atoms. The number of piperidine rings is 1. The van der Waals surface area contributed by atoms with E-state index in [9.17, 15) is 13.2 Å². The summed E-state index contributed by atoms with van der Waals surface area (Å²) in [6.45, 7) is 2.21. The van der Waals surface area contributed by atoms with Gasteiger partial charge in [-0.1, -0.05) is 67.2 Å². The fraction of sp³-hybridized carbons (Fsp3) is 0.520. The quantitative estimate of drug-likeness (QED) is 0.631. The van der Waals surface area contributed by atoms with Crippen LogP contribution in [0.25, 0.3) is 12.2 Å². The van der Waals surface area contributed by atoms with E-state index in [1.165, 1.54) is 17.1 Å². The predicted octanol–water partition coefficient (Wildman–Crippen LogP) is 4.39. The first kappa shape index (κ1) is 23.7. The number of amides is 1. The summed E-state index contributed by atoms with van der Waals surface area (Å²) in [7, 11) is -3.84. The number of carbonyl (C=O) groups is 1. The normalized spacial score (nSPS) is 21.2. The zero-order valence-electron chi connectivity index (χ0n) is 19.2. The first-order valence-electron chi connectivity index (χ1n) is 11.9. The summed E-state index contributed by atoms with van der Waals surface area (Å²) in [6.07, 6.45) is 11.6. The SMILES string of the molecule is Cc1noc(/C=C/c2ccccc2)c1S(=O)(=O)N1CCC[C@H](C(=O)NC2CCCCCC2)C1. The van der Waals surface area contributed by atoms with E-state index < -0.39 is 10.0 Å². The highest BCUT2D eigenvalue weighted by atomic mass is 32.2. The molecule has 4 rings (SSSR count). The fourth-order valence-corrected chi connectivity index (χ4v) is 6.56.